The molecule has 0 radical (unpaired) electrons. The molecule has 4 aliphatic rings. The van der Waals surface area contributed by atoms with Crippen LogP contribution in [-0.4, -0.2) is 17.0 Å². The fourth-order valence-electron chi connectivity index (χ4n) is 7.50. The smallest absolute Gasteiger partial charge is 0.133 e. The molecule has 0 amide bonds. The number of carbonyl (C=O) groups is 1. The van der Waals surface area contributed by atoms with Crippen LogP contribution in [0.5, 0.6) is 0 Å². The third-order valence-electron chi connectivity index (χ3n) is 8.42. The molecule has 0 aromatic heterocycles. The second kappa shape index (κ2) is 5.33. The Morgan fingerprint density at radius 1 is 0.955 bits per heavy atom. The molecule has 0 aromatic rings. The lowest BCUT2D eigenvalue weighted by Gasteiger charge is -2.56. The van der Waals surface area contributed by atoms with E-state index in [1.54, 1.807) is 0 Å². The molecular weight excluding hydrogens is 272 g/mol. The molecule has 3 unspecified atom stereocenters. The van der Waals surface area contributed by atoms with E-state index in [-0.39, 0.29) is 6.10 Å². The molecule has 0 saturated heterocycles. The van der Waals surface area contributed by atoms with Gasteiger partial charge in [0.25, 0.3) is 0 Å². The van der Waals surface area contributed by atoms with Crippen LogP contribution in [0.4, 0.5) is 0 Å². The van der Waals surface area contributed by atoms with E-state index in [9.17, 15) is 9.90 Å². The van der Waals surface area contributed by atoms with Gasteiger partial charge < -0.3 is 5.11 Å². The Labute approximate surface area is 135 Å². The number of aliphatic hydroxyl groups is 1. The van der Waals surface area contributed by atoms with Crippen molar-refractivity contribution in [1.82, 2.24) is 0 Å². The number of Topliss-reactive ketones (excluding diaryl/α,β-unsaturated/α-hetero) is 1. The molecule has 0 aromatic carbocycles. The summed E-state index contributed by atoms with van der Waals surface area (Å²) in [5.74, 6) is 5.02. The standard InChI is InChI=1S/C20H32O2/c1-12(21)18-7-8-19-17-5-3-13-11-14(22)4-6-15(13)16(17)9-10-20(18,19)2/h13-19,22H,3-11H2,1-2H3/t13-,14+,15-,16?,17?,18+,19?,20+/m1/s1. The summed E-state index contributed by atoms with van der Waals surface area (Å²) in [5.41, 5.74) is 0.300. The average Bonchev–Trinajstić information content (AvgIpc) is 2.84. The number of ketones is 1. The van der Waals surface area contributed by atoms with Crippen molar-refractivity contribution in [1.29, 1.82) is 0 Å². The molecule has 4 aliphatic carbocycles. The highest BCUT2D eigenvalue weighted by molar-refractivity contribution is 5.79. The van der Waals surface area contributed by atoms with Crippen molar-refractivity contribution in [3.05, 3.63) is 0 Å². The Balaban J connectivity index is 1.56. The van der Waals surface area contributed by atoms with E-state index in [0.29, 0.717) is 17.1 Å². The van der Waals surface area contributed by atoms with Crippen molar-refractivity contribution >= 4 is 5.78 Å². The molecule has 22 heavy (non-hydrogen) atoms. The number of fused-ring (bicyclic) bond motifs is 5. The van der Waals surface area contributed by atoms with Gasteiger partial charge in [-0.2, -0.15) is 0 Å². The lowest BCUT2D eigenvalue weighted by Crippen LogP contribution is -2.49. The summed E-state index contributed by atoms with van der Waals surface area (Å²) in [5, 5.41) is 9.99. The van der Waals surface area contributed by atoms with Gasteiger partial charge in [-0.1, -0.05) is 6.92 Å². The van der Waals surface area contributed by atoms with E-state index < -0.39 is 0 Å². The van der Waals surface area contributed by atoms with Crippen molar-refractivity contribution in [3.8, 4) is 0 Å². The zero-order valence-corrected chi connectivity index (χ0v) is 14.3. The molecular formula is C20H32O2. The SMILES string of the molecule is CC(=O)[C@@H]1CCC2C3CC[C@@H]4C[C@@H](O)CC[C@H]4C3CC[C@]21C. The van der Waals surface area contributed by atoms with Crippen LogP contribution in [0.25, 0.3) is 0 Å². The zero-order valence-electron chi connectivity index (χ0n) is 14.3. The maximum absolute atomic E-state index is 12.1. The van der Waals surface area contributed by atoms with Crippen LogP contribution in [0.3, 0.4) is 0 Å². The second-order valence-electron chi connectivity index (χ2n) is 9.19. The van der Waals surface area contributed by atoms with Crippen LogP contribution < -0.4 is 0 Å². The van der Waals surface area contributed by atoms with Gasteiger partial charge in [0.05, 0.1) is 6.10 Å². The Morgan fingerprint density at radius 3 is 2.50 bits per heavy atom. The first-order valence-electron chi connectivity index (χ1n) is 9.69. The van der Waals surface area contributed by atoms with Gasteiger partial charge in [0.2, 0.25) is 0 Å². The summed E-state index contributed by atoms with van der Waals surface area (Å²) in [6.07, 6.45) is 11.1. The highest BCUT2D eigenvalue weighted by atomic mass is 16.3. The molecule has 0 heterocycles. The highest BCUT2D eigenvalue weighted by Crippen LogP contribution is 2.64. The first-order chi connectivity index (χ1) is 10.5. The maximum atomic E-state index is 12.1. The molecule has 4 fully saturated rings. The van der Waals surface area contributed by atoms with Crippen molar-refractivity contribution in [2.24, 2.45) is 40.9 Å². The molecule has 4 saturated carbocycles. The minimum Gasteiger partial charge on any atom is -0.393 e. The fourth-order valence-corrected chi connectivity index (χ4v) is 7.50. The third-order valence-corrected chi connectivity index (χ3v) is 8.42. The minimum atomic E-state index is -0.0276. The van der Waals surface area contributed by atoms with Gasteiger partial charge in [0, 0.05) is 5.92 Å². The summed E-state index contributed by atoms with van der Waals surface area (Å²) in [6, 6.07) is 0. The predicted molar refractivity (Wildman–Crippen MR) is 87.3 cm³/mol. The van der Waals surface area contributed by atoms with Crippen LogP contribution in [0.15, 0.2) is 0 Å². The summed E-state index contributed by atoms with van der Waals surface area (Å²) >= 11 is 0. The average molecular weight is 304 g/mol. The Bertz CT molecular complexity index is 459. The topological polar surface area (TPSA) is 37.3 Å². The number of aliphatic hydroxyl groups excluding tert-OH is 1. The summed E-state index contributed by atoms with van der Waals surface area (Å²) < 4.78 is 0. The molecule has 4 rings (SSSR count). The molecule has 124 valence electrons. The van der Waals surface area contributed by atoms with Crippen LogP contribution in [0, 0.1) is 40.9 Å². The summed E-state index contributed by atoms with van der Waals surface area (Å²) in [4.78, 5) is 12.1. The first-order valence-corrected chi connectivity index (χ1v) is 9.69. The third kappa shape index (κ3) is 2.12. The molecule has 0 spiro atoms. The van der Waals surface area contributed by atoms with E-state index in [2.05, 4.69) is 6.92 Å². The number of hydrogen-bond acceptors (Lipinski definition) is 2. The van der Waals surface area contributed by atoms with Gasteiger partial charge in [-0.15, -0.1) is 0 Å². The lowest BCUT2D eigenvalue weighted by atomic mass is 9.49. The highest BCUT2D eigenvalue weighted by Gasteiger charge is 2.57. The lowest BCUT2D eigenvalue weighted by molar-refractivity contribution is -0.128. The van der Waals surface area contributed by atoms with Crippen LogP contribution in [0.2, 0.25) is 0 Å². The molecule has 0 bridgehead atoms. The van der Waals surface area contributed by atoms with Crippen LogP contribution in [-0.2, 0) is 4.79 Å². The van der Waals surface area contributed by atoms with Crippen molar-refractivity contribution in [2.75, 3.05) is 0 Å². The van der Waals surface area contributed by atoms with Gasteiger partial charge in [0.1, 0.15) is 5.78 Å². The van der Waals surface area contributed by atoms with Crippen LogP contribution in [0.1, 0.15) is 71.6 Å². The van der Waals surface area contributed by atoms with Crippen LogP contribution >= 0.6 is 0 Å². The largest absolute Gasteiger partial charge is 0.393 e. The number of carbonyl (C=O) groups excluding carboxylic acids is 1. The van der Waals surface area contributed by atoms with E-state index in [4.69, 9.17) is 0 Å². The second-order valence-corrected chi connectivity index (χ2v) is 9.19. The van der Waals surface area contributed by atoms with E-state index >= 15 is 0 Å². The minimum absolute atomic E-state index is 0.0276. The van der Waals surface area contributed by atoms with Gasteiger partial charge in [-0.3, -0.25) is 4.79 Å². The van der Waals surface area contributed by atoms with E-state index in [0.717, 1.165) is 48.9 Å². The molecule has 2 nitrogen and oxygen atoms in total. The maximum Gasteiger partial charge on any atom is 0.133 e. The molecule has 1 N–H and O–H groups in total. The summed E-state index contributed by atoms with van der Waals surface area (Å²) in [6.45, 7) is 4.26. The van der Waals surface area contributed by atoms with E-state index in [1.165, 1.54) is 38.5 Å². The van der Waals surface area contributed by atoms with Gasteiger partial charge >= 0.3 is 0 Å². The predicted octanol–water partition coefficient (Wildman–Crippen LogP) is 4.21. The first kappa shape index (κ1) is 15.2. The Hall–Kier alpha value is -0.370. The molecule has 0 aliphatic heterocycles. The number of rotatable bonds is 1. The fraction of sp³-hybridized carbons (Fsp3) is 0.950. The monoisotopic (exact) mass is 304 g/mol. The Kier molecular flexibility index (Phi) is 3.67. The van der Waals surface area contributed by atoms with Gasteiger partial charge in [-0.05, 0) is 99.7 Å². The molecule has 2 heteroatoms. The van der Waals surface area contributed by atoms with Crippen molar-refractivity contribution < 1.29 is 9.90 Å². The zero-order chi connectivity index (χ0) is 15.5. The number of hydrogen-bond donors (Lipinski definition) is 1. The molecule has 8 atom stereocenters. The van der Waals surface area contributed by atoms with Gasteiger partial charge in [-0.25, -0.2) is 0 Å². The van der Waals surface area contributed by atoms with E-state index in [1.807, 2.05) is 6.92 Å². The quantitative estimate of drug-likeness (QED) is 0.788. The van der Waals surface area contributed by atoms with Crippen molar-refractivity contribution in [3.63, 3.8) is 0 Å². The Morgan fingerprint density at radius 2 is 1.73 bits per heavy atom. The normalized spacial score (nSPS) is 54.2. The van der Waals surface area contributed by atoms with Gasteiger partial charge in [0.15, 0.2) is 0 Å². The van der Waals surface area contributed by atoms with Crippen molar-refractivity contribution in [2.45, 2.75) is 77.7 Å². The summed E-state index contributed by atoms with van der Waals surface area (Å²) in [7, 11) is 0.